The lowest BCUT2D eigenvalue weighted by Gasteiger charge is -2.24. The molecule has 0 saturated heterocycles. The standard InChI is InChI=1S/C16H19ClN4O/c1-10-8-11(2)14(13(17)9-10)19-15(22)12(3)21-7-6-20-5-4-18-16(20)21/h4-5,8-9,12H,6-7H2,1-3H3,(H,19,22). The molecule has 1 unspecified atom stereocenters. The zero-order chi connectivity index (χ0) is 15.9. The number of amides is 1. The molecule has 0 bridgehead atoms. The zero-order valence-corrected chi connectivity index (χ0v) is 13.7. The number of fused-ring (bicyclic) bond motifs is 1. The van der Waals surface area contributed by atoms with E-state index in [4.69, 9.17) is 11.6 Å². The molecule has 2 heterocycles. The highest BCUT2D eigenvalue weighted by molar-refractivity contribution is 6.34. The van der Waals surface area contributed by atoms with Gasteiger partial charge in [-0.3, -0.25) is 4.79 Å². The summed E-state index contributed by atoms with van der Waals surface area (Å²) in [6.45, 7) is 7.46. The Kier molecular flexibility index (Phi) is 3.83. The Labute approximate surface area is 134 Å². The van der Waals surface area contributed by atoms with Gasteiger partial charge in [-0.05, 0) is 38.0 Å². The molecule has 116 valence electrons. The average molecular weight is 319 g/mol. The molecule has 1 N–H and O–H groups in total. The summed E-state index contributed by atoms with van der Waals surface area (Å²) in [5.74, 6) is 0.764. The number of anilines is 2. The Morgan fingerprint density at radius 1 is 1.36 bits per heavy atom. The Balaban J connectivity index is 1.78. The lowest BCUT2D eigenvalue weighted by atomic mass is 10.1. The zero-order valence-electron chi connectivity index (χ0n) is 12.9. The van der Waals surface area contributed by atoms with Crippen molar-refractivity contribution in [3.05, 3.63) is 40.7 Å². The molecule has 1 aliphatic rings. The lowest BCUT2D eigenvalue weighted by molar-refractivity contribution is -0.117. The van der Waals surface area contributed by atoms with E-state index in [2.05, 4.69) is 10.3 Å². The van der Waals surface area contributed by atoms with Gasteiger partial charge in [-0.1, -0.05) is 17.7 Å². The smallest absolute Gasteiger partial charge is 0.246 e. The maximum Gasteiger partial charge on any atom is 0.246 e. The number of halogens is 1. The normalized spacial score (nSPS) is 14.8. The van der Waals surface area contributed by atoms with Crippen LogP contribution in [0.5, 0.6) is 0 Å². The van der Waals surface area contributed by atoms with Crippen molar-refractivity contribution >= 4 is 29.1 Å². The van der Waals surface area contributed by atoms with Crippen LogP contribution < -0.4 is 10.2 Å². The summed E-state index contributed by atoms with van der Waals surface area (Å²) in [5.41, 5.74) is 2.73. The van der Waals surface area contributed by atoms with Crippen LogP contribution in [0.2, 0.25) is 5.02 Å². The second-order valence-corrected chi connectivity index (χ2v) is 6.13. The van der Waals surface area contributed by atoms with E-state index in [0.717, 1.165) is 30.2 Å². The van der Waals surface area contributed by atoms with Crippen molar-refractivity contribution in [1.82, 2.24) is 9.55 Å². The fourth-order valence-corrected chi connectivity index (χ4v) is 3.23. The summed E-state index contributed by atoms with van der Waals surface area (Å²) >= 11 is 6.26. The van der Waals surface area contributed by atoms with Crippen molar-refractivity contribution < 1.29 is 4.79 Å². The van der Waals surface area contributed by atoms with Gasteiger partial charge in [0.1, 0.15) is 6.04 Å². The molecule has 0 spiro atoms. The molecule has 1 atom stereocenters. The highest BCUT2D eigenvalue weighted by Crippen LogP contribution is 2.28. The third-order valence-corrected chi connectivity index (χ3v) is 4.36. The summed E-state index contributed by atoms with van der Waals surface area (Å²) < 4.78 is 2.05. The molecule has 2 aromatic rings. The second kappa shape index (κ2) is 5.65. The summed E-state index contributed by atoms with van der Waals surface area (Å²) in [6.07, 6.45) is 3.69. The van der Waals surface area contributed by atoms with E-state index in [9.17, 15) is 4.79 Å². The number of imidazole rings is 1. The van der Waals surface area contributed by atoms with Gasteiger partial charge in [0, 0.05) is 25.5 Å². The minimum atomic E-state index is -0.305. The number of nitrogens with one attached hydrogen (secondary N) is 1. The molecule has 1 aromatic carbocycles. The van der Waals surface area contributed by atoms with Gasteiger partial charge in [0.05, 0.1) is 10.7 Å². The molecule has 0 radical (unpaired) electrons. The first-order valence-corrected chi connectivity index (χ1v) is 7.70. The summed E-state index contributed by atoms with van der Waals surface area (Å²) in [6, 6.07) is 3.56. The number of hydrogen-bond acceptors (Lipinski definition) is 3. The Hall–Kier alpha value is -2.01. The molecule has 0 aliphatic carbocycles. The fourth-order valence-electron chi connectivity index (χ4n) is 2.86. The van der Waals surface area contributed by atoms with Gasteiger partial charge in [0.25, 0.3) is 0 Å². The highest BCUT2D eigenvalue weighted by atomic mass is 35.5. The van der Waals surface area contributed by atoms with Crippen LogP contribution in [0.15, 0.2) is 24.5 Å². The first kappa shape index (κ1) is 14.9. The molecule has 0 saturated carbocycles. The van der Waals surface area contributed by atoms with Crippen LogP contribution in [-0.2, 0) is 11.3 Å². The average Bonchev–Trinajstić information content (AvgIpc) is 3.04. The maximum atomic E-state index is 12.6. The number of benzene rings is 1. The molecular weight excluding hydrogens is 300 g/mol. The van der Waals surface area contributed by atoms with Crippen LogP contribution in [0.4, 0.5) is 11.6 Å². The summed E-state index contributed by atoms with van der Waals surface area (Å²) in [7, 11) is 0. The van der Waals surface area contributed by atoms with Crippen molar-refractivity contribution in [3.63, 3.8) is 0 Å². The van der Waals surface area contributed by atoms with Crippen LogP contribution in [0.25, 0.3) is 0 Å². The van der Waals surface area contributed by atoms with E-state index < -0.39 is 0 Å². The lowest BCUT2D eigenvalue weighted by Crippen LogP contribution is -2.41. The van der Waals surface area contributed by atoms with Crippen molar-refractivity contribution in [2.75, 3.05) is 16.8 Å². The van der Waals surface area contributed by atoms with Crippen molar-refractivity contribution in [3.8, 4) is 0 Å². The van der Waals surface area contributed by atoms with Gasteiger partial charge in [-0.2, -0.15) is 0 Å². The summed E-state index contributed by atoms with van der Waals surface area (Å²) in [5, 5.41) is 3.53. The van der Waals surface area contributed by atoms with E-state index in [-0.39, 0.29) is 11.9 Å². The molecule has 1 aromatic heterocycles. The monoisotopic (exact) mass is 318 g/mol. The molecular formula is C16H19ClN4O. The van der Waals surface area contributed by atoms with Gasteiger partial charge >= 0.3 is 0 Å². The first-order chi connectivity index (χ1) is 10.5. The highest BCUT2D eigenvalue weighted by Gasteiger charge is 2.29. The van der Waals surface area contributed by atoms with Gasteiger partial charge in [-0.25, -0.2) is 4.98 Å². The number of carbonyl (C=O) groups is 1. The predicted molar refractivity (Wildman–Crippen MR) is 88.6 cm³/mol. The van der Waals surface area contributed by atoms with Crippen LogP contribution in [0.1, 0.15) is 18.1 Å². The minimum Gasteiger partial charge on any atom is -0.329 e. The fraction of sp³-hybridized carbons (Fsp3) is 0.375. The molecule has 1 amide bonds. The molecule has 3 rings (SSSR count). The first-order valence-electron chi connectivity index (χ1n) is 7.33. The van der Waals surface area contributed by atoms with Crippen LogP contribution in [0.3, 0.4) is 0 Å². The van der Waals surface area contributed by atoms with E-state index in [1.165, 1.54) is 0 Å². The Morgan fingerprint density at radius 2 is 2.14 bits per heavy atom. The van der Waals surface area contributed by atoms with E-state index in [1.807, 2.05) is 48.6 Å². The molecule has 0 fully saturated rings. The largest absolute Gasteiger partial charge is 0.329 e. The van der Waals surface area contributed by atoms with Gasteiger partial charge < -0.3 is 14.8 Å². The number of nitrogens with zero attached hydrogens (tertiary/aromatic N) is 3. The Morgan fingerprint density at radius 3 is 2.86 bits per heavy atom. The quantitative estimate of drug-likeness (QED) is 0.946. The van der Waals surface area contributed by atoms with Gasteiger partial charge in [0.15, 0.2) is 0 Å². The van der Waals surface area contributed by atoms with Crippen LogP contribution >= 0.6 is 11.6 Å². The van der Waals surface area contributed by atoms with Crippen molar-refractivity contribution in [2.45, 2.75) is 33.4 Å². The number of aryl methyl sites for hydroxylation is 2. The van der Waals surface area contributed by atoms with Gasteiger partial charge in [0.2, 0.25) is 11.9 Å². The van der Waals surface area contributed by atoms with E-state index in [1.54, 1.807) is 6.20 Å². The van der Waals surface area contributed by atoms with Crippen molar-refractivity contribution in [1.29, 1.82) is 0 Å². The molecule has 5 nitrogen and oxygen atoms in total. The molecule has 6 heteroatoms. The van der Waals surface area contributed by atoms with E-state index >= 15 is 0 Å². The molecule has 1 aliphatic heterocycles. The second-order valence-electron chi connectivity index (χ2n) is 5.72. The molecule has 22 heavy (non-hydrogen) atoms. The van der Waals surface area contributed by atoms with Crippen LogP contribution in [0, 0.1) is 13.8 Å². The number of rotatable bonds is 3. The maximum absolute atomic E-state index is 12.6. The van der Waals surface area contributed by atoms with Gasteiger partial charge in [-0.15, -0.1) is 0 Å². The number of aromatic nitrogens is 2. The SMILES string of the molecule is Cc1cc(C)c(NC(=O)C(C)N2CCn3ccnc32)c(Cl)c1. The number of carbonyl (C=O) groups excluding carboxylic acids is 1. The van der Waals surface area contributed by atoms with E-state index in [0.29, 0.717) is 10.7 Å². The Bertz CT molecular complexity index is 702. The van der Waals surface area contributed by atoms with Crippen LogP contribution in [-0.4, -0.2) is 28.0 Å². The topological polar surface area (TPSA) is 50.2 Å². The predicted octanol–water partition coefficient (Wildman–Crippen LogP) is 3.00. The van der Waals surface area contributed by atoms with Crippen molar-refractivity contribution in [2.24, 2.45) is 0 Å². The third-order valence-electron chi connectivity index (χ3n) is 4.06. The third kappa shape index (κ3) is 2.57. The summed E-state index contributed by atoms with van der Waals surface area (Å²) in [4.78, 5) is 18.9. The minimum absolute atomic E-state index is 0.0784. The number of hydrogen-bond donors (Lipinski definition) is 1.